The van der Waals surface area contributed by atoms with Gasteiger partial charge in [0.05, 0.1) is 18.3 Å². The second-order valence-corrected chi connectivity index (χ2v) is 5.06. The van der Waals surface area contributed by atoms with Gasteiger partial charge < -0.3 is 10.1 Å². The highest BCUT2D eigenvalue weighted by molar-refractivity contribution is 5.77. The van der Waals surface area contributed by atoms with Crippen molar-refractivity contribution >= 4 is 5.91 Å². The first kappa shape index (κ1) is 13.1. The van der Waals surface area contributed by atoms with E-state index in [1.807, 2.05) is 6.07 Å². The van der Waals surface area contributed by atoms with Gasteiger partial charge in [-0.25, -0.2) is 0 Å². The van der Waals surface area contributed by atoms with Crippen molar-refractivity contribution in [3.8, 4) is 0 Å². The molecular weight excluding hydrogens is 230 g/mol. The number of aromatic nitrogens is 2. The molecule has 0 bridgehead atoms. The van der Waals surface area contributed by atoms with Crippen LogP contribution in [0.15, 0.2) is 12.3 Å². The Morgan fingerprint density at radius 3 is 3.22 bits per heavy atom. The number of nitrogens with zero attached hydrogens (tertiary/aromatic N) is 1. The lowest BCUT2D eigenvalue weighted by Gasteiger charge is -2.26. The van der Waals surface area contributed by atoms with Gasteiger partial charge in [-0.2, -0.15) is 5.10 Å². The maximum Gasteiger partial charge on any atom is 0.246 e. The van der Waals surface area contributed by atoms with Gasteiger partial charge in [-0.15, -0.1) is 0 Å². The summed E-state index contributed by atoms with van der Waals surface area (Å²) in [6.45, 7) is 2.88. The van der Waals surface area contributed by atoms with Gasteiger partial charge >= 0.3 is 0 Å². The fourth-order valence-corrected chi connectivity index (χ4v) is 2.35. The molecule has 0 aliphatic heterocycles. The Bertz CT molecular complexity index is 364. The highest BCUT2D eigenvalue weighted by Crippen LogP contribution is 2.25. The molecule has 2 atom stereocenters. The summed E-state index contributed by atoms with van der Waals surface area (Å²) < 4.78 is 5.65. The van der Waals surface area contributed by atoms with Crippen molar-refractivity contribution in [1.82, 2.24) is 15.5 Å². The van der Waals surface area contributed by atoms with Crippen molar-refractivity contribution < 1.29 is 9.53 Å². The zero-order chi connectivity index (χ0) is 12.8. The van der Waals surface area contributed by atoms with E-state index in [-0.39, 0.29) is 18.6 Å². The van der Waals surface area contributed by atoms with Crippen LogP contribution < -0.4 is 5.32 Å². The lowest BCUT2D eigenvalue weighted by atomic mass is 9.89. The Balaban J connectivity index is 1.62. The van der Waals surface area contributed by atoms with Gasteiger partial charge in [0.1, 0.15) is 6.61 Å². The lowest BCUT2D eigenvalue weighted by molar-refractivity contribution is -0.128. The van der Waals surface area contributed by atoms with E-state index < -0.39 is 0 Å². The topological polar surface area (TPSA) is 67.0 Å². The number of amides is 1. The Labute approximate surface area is 107 Å². The Kier molecular flexibility index (Phi) is 4.75. The van der Waals surface area contributed by atoms with E-state index in [4.69, 9.17) is 4.74 Å². The molecule has 0 aromatic carbocycles. The van der Waals surface area contributed by atoms with Crippen molar-refractivity contribution in [2.24, 2.45) is 5.92 Å². The normalized spacial score (nSPS) is 23.8. The van der Waals surface area contributed by atoms with Gasteiger partial charge in [0.15, 0.2) is 0 Å². The minimum atomic E-state index is -0.0668. The minimum absolute atomic E-state index is 0.0668. The van der Waals surface area contributed by atoms with Crippen molar-refractivity contribution in [3.05, 3.63) is 18.0 Å². The number of aromatic amines is 1. The fraction of sp³-hybridized carbons (Fsp3) is 0.692. The average molecular weight is 251 g/mol. The highest BCUT2D eigenvalue weighted by atomic mass is 16.5. The molecule has 0 saturated heterocycles. The zero-order valence-electron chi connectivity index (χ0n) is 10.8. The third-order valence-corrected chi connectivity index (χ3v) is 3.37. The second-order valence-electron chi connectivity index (χ2n) is 5.06. The molecule has 2 rings (SSSR count). The van der Waals surface area contributed by atoms with E-state index in [1.54, 1.807) is 6.20 Å². The zero-order valence-corrected chi connectivity index (χ0v) is 10.8. The van der Waals surface area contributed by atoms with Gasteiger partial charge in [0, 0.05) is 6.20 Å². The van der Waals surface area contributed by atoms with Crippen LogP contribution in [0.1, 0.15) is 38.3 Å². The molecule has 1 aliphatic carbocycles. The number of rotatable bonds is 5. The molecule has 100 valence electrons. The van der Waals surface area contributed by atoms with Crippen LogP contribution >= 0.6 is 0 Å². The number of H-pyrrole nitrogens is 1. The maximum absolute atomic E-state index is 11.6. The van der Waals surface area contributed by atoms with Crippen LogP contribution in [0.2, 0.25) is 0 Å². The van der Waals surface area contributed by atoms with Crippen LogP contribution in [0.3, 0.4) is 0 Å². The second kappa shape index (κ2) is 6.54. The van der Waals surface area contributed by atoms with Crippen molar-refractivity contribution in [2.45, 2.75) is 45.3 Å². The number of ether oxygens (including phenoxy) is 1. The van der Waals surface area contributed by atoms with E-state index in [0.29, 0.717) is 6.54 Å². The molecule has 2 N–H and O–H groups in total. The summed E-state index contributed by atoms with van der Waals surface area (Å²) in [4.78, 5) is 11.6. The first-order valence-corrected chi connectivity index (χ1v) is 6.60. The molecule has 5 nitrogen and oxygen atoms in total. The van der Waals surface area contributed by atoms with E-state index >= 15 is 0 Å². The third kappa shape index (κ3) is 4.14. The highest BCUT2D eigenvalue weighted by Gasteiger charge is 2.19. The molecule has 1 saturated carbocycles. The number of hydrogen-bond acceptors (Lipinski definition) is 3. The molecule has 1 aromatic heterocycles. The Morgan fingerprint density at radius 1 is 1.61 bits per heavy atom. The smallest absolute Gasteiger partial charge is 0.246 e. The molecular formula is C13H21N3O2. The largest absolute Gasteiger partial charge is 0.368 e. The van der Waals surface area contributed by atoms with E-state index in [9.17, 15) is 4.79 Å². The predicted octanol–water partition coefficient (Wildman–Crippen LogP) is 1.62. The van der Waals surface area contributed by atoms with Crippen molar-refractivity contribution in [2.75, 3.05) is 6.61 Å². The maximum atomic E-state index is 11.6. The number of carbonyl (C=O) groups is 1. The van der Waals surface area contributed by atoms with E-state index in [0.717, 1.165) is 24.5 Å². The van der Waals surface area contributed by atoms with Gasteiger partial charge in [0.2, 0.25) is 5.91 Å². The first-order valence-electron chi connectivity index (χ1n) is 6.60. The van der Waals surface area contributed by atoms with Gasteiger partial charge in [0.25, 0.3) is 0 Å². The molecule has 1 fully saturated rings. The number of nitrogens with one attached hydrogen (secondary N) is 2. The fourth-order valence-electron chi connectivity index (χ4n) is 2.35. The molecule has 18 heavy (non-hydrogen) atoms. The van der Waals surface area contributed by atoms with Crippen molar-refractivity contribution in [1.29, 1.82) is 0 Å². The molecule has 1 heterocycles. The lowest BCUT2D eigenvalue weighted by Crippen LogP contribution is -2.31. The predicted molar refractivity (Wildman–Crippen MR) is 67.8 cm³/mol. The summed E-state index contributed by atoms with van der Waals surface area (Å²) in [5.41, 5.74) is 0.898. The van der Waals surface area contributed by atoms with Crippen LogP contribution in [-0.2, 0) is 16.1 Å². The Morgan fingerprint density at radius 2 is 2.50 bits per heavy atom. The summed E-state index contributed by atoms with van der Waals surface area (Å²) in [5, 5.41) is 9.42. The van der Waals surface area contributed by atoms with Crippen LogP contribution in [0.4, 0.5) is 0 Å². The molecule has 1 aliphatic rings. The quantitative estimate of drug-likeness (QED) is 0.835. The molecule has 1 aromatic rings. The van der Waals surface area contributed by atoms with Crippen LogP contribution in [0.5, 0.6) is 0 Å². The average Bonchev–Trinajstić information content (AvgIpc) is 2.87. The summed E-state index contributed by atoms with van der Waals surface area (Å²) in [5.74, 6) is 0.652. The van der Waals surface area contributed by atoms with Crippen LogP contribution in [0.25, 0.3) is 0 Å². The summed E-state index contributed by atoms with van der Waals surface area (Å²) in [6.07, 6.45) is 6.58. The summed E-state index contributed by atoms with van der Waals surface area (Å²) in [7, 11) is 0. The van der Waals surface area contributed by atoms with Crippen LogP contribution in [-0.4, -0.2) is 28.8 Å². The van der Waals surface area contributed by atoms with E-state index in [1.165, 1.54) is 12.8 Å². The molecule has 0 unspecified atom stereocenters. The number of carbonyl (C=O) groups excluding carboxylic acids is 1. The van der Waals surface area contributed by atoms with Gasteiger partial charge in [-0.3, -0.25) is 9.89 Å². The SMILES string of the molecule is C[C@@H]1CCC[C@@H](OCC(=O)NCc2ccn[nH]2)C1. The molecule has 0 spiro atoms. The summed E-state index contributed by atoms with van der Waals surface area (Å²) >= 11 is 0. The van der Waals surface area contributed by atoms with Gasteiger partial charge in [-0.05, 0) is 24.8 Å². The first-order chi connectivity index (χ1) is 8.74. The molecule has 5 heteroatoms. The van der Waals surface area contributed by atoms with Gasteiger partial charge in [-0.1, -0.05) is 19.8 Å². The van der Waals surface area contributed by atoms with Crippen LogP contribution in [0, 0.1) is 5.92 Å². The third-order valence-electron chi connectivity index (χ3n) is 3.37. The van der Waals surface area contributed by atoms with E-state index in [2.05, 4.69) is 22.4 Å². The standard InChI is InChI=1S/C13H21N3O2/c1-10-3-2-4-12(7-10)18-9-13(17)14-8-11-5-6-15-16-11/h5-6,10,12H,2-4,7-9H2,1H3,(H,14,17)(H,15,16)/t10-,12-/m1/s1. The summed E-state index contributed by atoms with van der Waals surface area (Å²) in [6, 6.07) is 1.84. The monoisotopic (exact) mass is 251 g/mol. The Hall–Kier alpha value is -1.36. The number of hydrogen-bond donors (Lipinski definition) is 2. The van der Waals surface area contributed by atoms with Crippen molar-refractivity contribution in [3.63, 3.8) is 0 Å². The molecule has 0 radical (unpaired) electrons. The minimum Gasteiger partial charge on any atom is -0.368 e. The molecule has 1 amide bonds.